The molecule has 2 aliphatic heterocycles. The minimum absolute atomic E-state index is 0.105. The fraction of sp³-hybridized carbons (Fsp3) is 0.300. The lowest BCUT2D eigenvalue weighted by Crippen LogP contribution is -2.25. The first-order valence-electron chi connectivity index (χ1n) is 17.9. The molecule has 0 amide bonds. The third-order valence-electron chi connectivity index (χ3n) is 9.94. The van der Waals surface area contributed by atoms with Crippen LogP contribution in [0, 0.1) is 30.2 Å². The van der Waals surface area contributed by atoms with Gasteiger partial charge in [-0.2, -0.15) is 4.98 Å². The molecule has 11 nitrogen and oxygen atoms in total. The van der Waals surface area contributed by atoms with E-state index in [-0.39, 0.29) is 16.1 Å². The van der Waals surface area contributed by atoms with Crippen molar-refractivity contribution in [1.29, 1.82) is 0 Å². The number of hydrogen-bond acceptors (Lipinski definition) is 10. The summed E-state index contributed by atoms with van der Waals surface area (Å²) in [5.74, 6) is 0.457. The van der Waals surface area contributed by atoms with E-state index >= 15 is 0 Å². The van der Waals surface area contributed by atoms with Crippen molar-refractivity contribution in [3.63, 3.8) is 0 Å². The molecular formula is C40H39Cl2F4N11. The van der Waals surface area contributed by atoms with E-state index in [1.807, 2.05) is 43.7 Å². The minimum Gasteiger partial charge on any atom is -0.373 e. The molecule has 0 fully saturated rings. The second kappa shape index (κ2) is 15.1. The number of fused-ring (bicyclic) bond motifs is 2. The Morgan fingerprint density at radius 1 is 0.684 bits per heavy atom. The van der Waals surface area contributed by atoms with Crippen molar-refractivity contribution < 1.29 is 17.6 Å². The molecule has 0 aliphatic carbocycles. The smallest absolute Gasteiger partial charge is 0.226 e. The maximum Gasteiger partial charge on any atom is 0.226 e. The standard InChI is InChI=1S/C25H24ClF2N7.C15H15ClF2N4/c1-14-7-15(10-30-23(14)34-11-19(26)31-13-34)8-20-32-22(29-4)21-24(33-20)35(12-25(21,2)3)16-5-6-17(27)18(28)9-16;1-15(2)7-22(8-4-5-9(17)10(18)6-8)13-11(15)12(19-3)20-14(16)21-13/h5-7,9-11,13H,8,12H2,1-4H3,(H,29,32,33);4-6H,7H2,1-3H3,(H,19,20,21). The summed E-state index contributed by atoms with van der Waals surface area (Å²) in [7, 11) is 3.58. The monoisotopic (exact) mass is 819 g/mol. The van der Waals surface area contributed by atoms with E-state index < -0.39 is 23.3 Å². The minimum atomic E-state index is -0.891. The number of aryl methyl sites for hydroxylation is 1. The summed E-state index contributed by atoms with van der Waals surface area (Å²) in [5.41, 5.74) is 4.25. The third kappa shape index (κ3) is 7.65. The number of benzene rings is 2. The largest absolute Gasteiger partial charge is 0.373 e. The molecule has 2 aromatic carbocycles. The Morgan fingerprint density at radius 3 is 1.72 bits per heavy atom. The third-order valence-corrected chi connectivity index (χ3v) is 10.3. The van der Waals surface area contributed by atoms with Gasteiger partial charge in [-0.1, -0.05) is 45.4 Å². The summed E-state index contributed by atoms with van der Waals surface area (Å²) in [6.07, 6.45) is 5.55. The van der Waals surface area contributed by atoms with Gasteiger partial charge < -0.3 is 20.4 Å². The van der Waals surface area contributed by atoms with E-state index in [1.54, 1.807) is 36.4 Å². The maximum atomic E-state index is 14.0. The summed E-state index contributed by atoms with van der Waals surface area (Å²) in [6, 6.07) is 9.74. The highest BCUT2D eigenvalue weighted by atomic mass is 35.5. The molecule has 0 saturated carbocycles. The number of nitrogens with one attached hydrogen (secondary N) is 2. The van der Waals surface area contributed by atoms with Crippen molar-refractivity contribution in [2.24, 2.45) is 0 Å². The van der Waals surface area contributed by atoms with Gasteiger partial charge in [0, 0.05) is 91.5 Å². The van der Waals surface area contributed by atoms with Crippen LogP contribution in [-0.4, -0.2) is 61.7 Å². The number of anilines is 6. The molecule has 0 radical (unpaired) electrons. The number of pyridine rings is 1. The second-order valence-electron chi connectivity index (χ2n) is 15.1. The van der Waals surface area contributed by atoms with Crippen LogP contribution in [0.15, 0.2) is 61.2 Å². The fourth-order valence-electron chi connectivity index (χ4n) is 7.42. The van der Waals surface area contributed by atoms with Gasteiger partial charge in [-0.25, -0.2) is 42.5 Å². The molecule has 17 heteroatoms. The Hall–Kier alpha value is -5.54. The van der Waals surface area contributed by atoms with Gasteiger partial charge in [-0.15, -0.1) is 0 Å². The predicted molar refractivity (Wildman–Crippen MR) is 215 cm³/mol. The molecule has 0 saturated heterocycles. The van der Waals surface area contributed by atoms with Crippen LogP contribution in [0.3, 0.4) is 0 Å². The molecule has 0 spiro atoms. The van der Waals surface area contributed by atoms with Gasteiger partial charge in [0.05, 0.1) is 0 Å². The van der Waals surface area contributed by atoms with Crippen molar-refractivity contribution in [1.82, 2.24) is 34.5 Å². The van der Waals surface area contributed by atoms with E-state index in [1.165, 1.54) is 12.1 Å². The second-order valence-corrected chi connectivity index (χ2v) is 15.9. The Bertz CT molecular complexity index is 2510. The van der Waals surface area contributed by atoms with E-state index in [4.69, 9.17) is 33.2 Å². The first-order chi connectivity index (χ1) is 27.0. The summed E-state index contributed by atoms with van der Waals surface area (Å²) >= 11 is 11.9. The number of imidazole rings is 1. The van der Waals surface area contributed by atoms with Crippen LogP contribution in [0.1, 0.15) is 55.8 Å². The van der Waals surface area contributed by atoms with Crippen molar-refractivity contribution in [2.45, 2.75) is 51.9 Å². The summed E-state index contributed by atoms with van der Waals surface area (Å²) in [5, 5.41) is 6.72. The van der Waals surface area contributed by atoms with Crippen molar-refractivity contribution in [2.75, 3.05) is 47.6 Å². The fourth-order valence-corrected chi connectivity index (χ4v) is 7.73. The molecule has 0 unspecified atom stereocenters. The van der Waals surface area contributed by atoms with Gasteiger partial charge in [0.25, 0.3) is 0 Å². The van der Waals surface area contributed by atoms with E-state index in [9.17, 15) is 17.6 Å². The van der Waals surface area contributed by atoms with Gasteiger partial charge >= 0.3 is 0 Å². The average Bonchev–Trinajstić information content (AvgIpc) is 3.80. The lowest BCUT2D eigenvalue weighted by atomic mass is 9.88. The molecule has 8 rings (SSSR count). The van der Waals surface area contributed by atoms with Gasteiger partial charge in [0.2, 0.25) is 5.28 Å². The Kier molecular flexibility index (Phi) is 10.5. The molecule has 6 heterocycles. The SMILES string of the molecule is CNc1nc(Cc2cnc(-n3cnc(Cl)c3)c(C)c2)nc2c1C(C)(C)CN2c1ccc(F)c(F)c1.CNc1nc(Cl)nc2c1C(C)(C)CN2c1ccc(F)c(F)c1. The van der Waals surface area contributed by atoms with Crippen LogP contribution < -0.4 is 20.4 Å². The molecule has 0 atom stereocenters. The first-order valence-corrected chi connectivity index (χ1v) is 18.7. The van der Waals surface area contributed by atoms with E-state index in [0.717, 1.165) is 52.1 Å². The van der Waals surface area contributed by atoms with Crippen LogP contribution in [-0.2, 0) is 17.3 Å². The normalized spacial score (nSPS) is 14.9. The highest BCUT2D eigenvalue weighted by molar-refractivity contribution is 6.29. The van der Waals surface area contributed by atoms with Crippen molar-refractivity contribution in [3.8, 4) is 5.82 Å². The maximum absolute atomic E-state index is 14.0. The van der Waals surface area contributed by atoms with Crippen LogP contribution in [0.25, 0.3) is 5.82 Å². The van der Waals surface area contributed by atoms with Crippen LogP contribution in [0.4, 0.5) is 52.2 Å². The van der Waals surface area contributed by atoms with Gasteiger partial charge in [0.15, 0.2) is 23.3 Å². The van der Waals surface area contributed by atoms with E-state index in [0.29, 0.717) is 59.3 Å². The molecule has 2 aliphatic rings. The Labute approximate surface area is 337 Å². The molecule has 296 valence electrons. The summed E-state index contributed by atoms with van der Waals surface area (Å²) in [6.45, 7) is 11.4. The van der Waals surface area contributed by atoms with Crippen molar-refractivity contribution in [3.05, 3.63) is 123 Å². The lowest BCUT2D eigenvalue weighted by molar-refractivity contribution is 0.508. The highest BCUT2D eigenvalue weighted by Gasteiger charge is 2.42. The number of rotatable bonds is 7. The number of hydrogen-bond donors (Lipinski definition) is 2. The quantitative estimate of drug-likeness (QED) is 0.119. The predicted octanol–water partition coefficient (Wildman–Crippen LogP) is 9.24. The molecular weight excluding hydrogens is 781 g/mol. The Balaban J connectivity index is 0.000000194. The first kappa shape index (κ1) is 39.7. The highest BCUT2D eigenvalue weighted by Crippen LogP contribution is 2.48. The van der Waals surface area contributed by atoms with Crippen LogP contribution >= 0.6 is 23.2 Å². The average molecular weight is 821 g/mol. The van der Waals surface area contributed by atoms with E-state index in [2.05, 4.69) is 44.4 Å². The van der Waals surface area contributed by atoms with Crippen LogP contribution in [0.5, 0.6) is 0 Å². The molecule has 2 N–H and O–H groups in total. The zero-order valence-corrected chi connectivity index (χ0v) is 33.7. The van der Waals surface area contributed by atoms with Crippen LogP contribution in [0.2, 0.25) is 10.4 Å². The number of nitrogens with zero attached hydrogens (tertiary/aromatic N) is 9. The number of aromatic nitrogens is 7. The lowest BCUT2D eigenvalue weighted by Gasteiger charge is -2.22. The van der Waals surface area contributed by atoms with Gasteiger partial charge in [-0.05, 0) is 53.9 Å². The van der Waals surface area contributed by atoms with Gasteiger partial charge in [-0.3, -0.25) is 4.57 Å². The zero-order chi connectivity index (χ0) is 41.0. The molecule has 4 aromatic heterocycles. The Morgan fingerprint density at radius 2 is 1.23 bits per heavy atom. The zero-order valence-electron chi connectivity index (χ0n) is 32.2. The molecule has 6 aromatic rings. The van der Waals surface area contributed by atoms with Gasteiger partial charge in [0.1, 0.15) is 46.4 Å². The summed E-state index contributed by atoms with van der Waals surface area (Å²) < 4.78 is 56.1. The topological polar surface area (TPSA) is 113 Å². The summed E-state index contributed by atoms with van der Waals surface area (Å²) in [4.78, 5) is 30.5. The molecule has 0 bridgehead atoms. The van der Waals surface area contributed by atoms with Crippen molar-refractivity contribution >= 4 is 57.8 Å². The number of halogens is 6. The molecule has 57 heavy (non-hydrogen) atoms.